The fourth-order valence-electron chi connectivity index (χ4n) is 3.19. The van der Waals surface area contributed by atoms with E-state index >= 15 is 0 Å². The van der Waals surface area contributed by atoms with Crippen molar-refractivity contribution in [2.45, 2.75) is 24.7 Å². The summed E-state index contributed by atoms with van der Waals surface area (Å²) in [4.78, 5) is 12.6. The quantitative estimate of drug-likeness (QED) is 0.519. The normalized spacial score (nSPS) is 15.9. The summed E-state index contributed by atoms with van der Waals surface area (Å²) in [6.07, 6.45) is 2.45. The fraction of sp³-hybridized carbons (Fsp3) is 0.333. The van der Waals surface area contributed by atoms with Crippen LogP contribution in [0.4, 0.5) is 0 Å². The zero-order chi connectivity index (χ0) is 21.6. The average molecular weight is 450 g/mol. The Hall–Kier alpha value is -2.42. The number of carbonyl (C=O) groups is 1. The molecule has 0 saturated carbocycles. The number of hydrogen-bond donors (Lipinski definition) is 1. The van der Waals surface area contributed by atoms with E-state index in [0.29, 0.717) is 24.5 Å². The van der Waals surface area contributed by atoms with Crippen molar-refractivity contribution in [2.24, 2.45) is 11.0 Å². The number of rotatable bonds is 7. The molecule has 1 aliphatic heterocycles. The number of ether oxygens (including phenoxy) is 1. The molecule has 1 fully saturated rings. The van der Waals surface area contributed by atoms with Crippen molar-refractivity contribution in [3.63, 3.8) is 0 Å². The molecule has 0 aromatic heterocycles. The molecule has 160 valence electrons. The van der Waals surface area contributed by atoms with Gasteiger partial charge in [-0.2, -0.15) is 9.41 Å². The first-order chi connectivity index (χ1) is 14.4. The molecule has 7 nitrogen and oxygen atoms in total. The molecule has 2 aromatic carbocycles. The number of hydrogen-bond acceptors (Lipinski definition) is 5. The van der Waals surface area contributed by atoms with E-state index in [4.69, 9.17) is 16.3 Å². The van der Waals surface area contributed by atoms with Crippen molar-refractivity contribution in [2.75, 3.05) is 19.7 Å². The predicted octanol–water partition coefficient (Wildman–Crippen LogP) is 3.29. The number of nitrogens with one attached hydrogen (secondary N) is 1. The van der Waals surface area contributed by atoms with Gasteiger partial charge in [0.15, 0.2) is 0 Å². The van der Waals surface area contributed by atoms with Gasteiger partial charge < -0.3 is 4.74 Å². The SMILES string of the molecule is CCOc1ccc(C=NNC(=O)C2CCN(S(=O)(=O)c3ccc(Cl)cc3)CC2)cc1. The third kappa shape index (κ3) is 5.59. The second-order valence-electron chi connectivity index (χ2n) is 6.87. The maximum absolute atomic E-state index is 12.7. The van der Waals surface area contributed by atoms with Crippen molar-refractivity contribution in [3.8, 4) is 5.75 Å². The molecule has 30 heavy (non-hydrogen) atoms. The van der Waals surface area contributed by atoms with Crippen LogP contribution < -0.4 is 10.2 Å². The molecular formula is C21H24ClN3O4S. The van der Waals surface area contributed by atoms with E-state index in [1.807, 2.05) is 31.2 Å². The van der Waals surface area contributed by atoms with Crippen molar-refractivity contribution in [1.82, 2.24) is 9.73 Å². The Morgan fingerprint density at radius 2 is 1.80 bits per heavy atom. The third-order valence-electron chi connectivity index (χ3n) is 4.86. The minimum atomic E-state index is -3.59. The Balaban J connectivity index is 1.50. The van der Waals surface area contributed by atoms with E-state index in [2.05, 4.69) is 10.5 Å². The number of carbonyl (C=O) groups excluding carboxylic acids is 1. The minimum Gasteiger partial charge on any atom is -0.494 e. The van der Waals surface area contributed by atoms with E-state index in [0.717, 1.165) is 11.3 Å². The lowest BCUT2D eigenvalue weighted by Gasteiger charge is -2.30. The van der Waals surface area contributed by atoms with Gasteiger partial charge in [0, 0.05) is 24.0 Å². The molecule has 1 amide bonds. The average Bonchev–Trinajstić information content (AvgIpc) is 2.75. The Bertz CT molecular complexity index is 984. The Morgan fingerprint density at radius 1 is 1.17 bits per heavy atom. The van der Waals surface area contributed by atoms with Crippen LogP contribution in [0.1, 0.15) is 25.3 Å². The fourth-order valence-corrected chi connectivity index (χ4v) is 4.79. The molecular weight excluding hydrogens is 426 g/mol. The van der Waals surface area contributed by atoms with Crippen LogP contribution in [-0.4, -0.2) is 44.5 Å². The summed E-state index contributed by atoms with van der Waals surface area (Å²) in [6, 6.07) is 13.5. The van der Waals surface area contributed by atoms with Crippen LogP contribution in [0.15, 0.2) is 58.5 Å². The van der Waals surface area contributed by atoms with E-state index in [1.165, 1.54) is 16.4 Å². The zero-order valence-corrected chi connectivity index (χ0v) is 18.2. The maximum Gasteiger partial charge on any atom is 0.243 e. The van der Waals surface area contributed by atoms with Gasteiger partial charge in [-0.15, -0.1) is 0 Å². The lowest BCUT2D eigenvalue weighted by Crippen LogP contribution is -2.42. The number of sulfonamides is 1. The van der Waals surface area contributed by atoms with E-state index < -0.39 is 10.0 Å². The van der Waals surface area contributed by atoms with Crippen LogP contribution in [0.25, 0.3) is 0 Å². The van der Waals surface area contributed by atoms with Gasteiger partial charge >= 0.3 is 0 Å². The summed E-state index contributed by atoms with van der Waals surface area (Å²) < 4.78 is 32.2. The monoisotopic (exact) mass is 449 g/mol. The van der Waals surface area contributed by atoms with Gasteiger partial charge in [-0.05, 0) is 73.9 Å². The highest BCUT2D eigenvalue weighted by Gasteiger charge is 2.32. The van der Waals surface area contributed by atoms with Crippen LogP contribution in [0, 0.1) is 5.92 Å². The lowest BCUT2D eigenvalue weighted by molar-refractivity contribution is -0.126. The smallest absolute Gasteiger partial charge is 0.243 e. The van der Waals surface area contributed by atoms with Crippen LogP contribution in [0.3, 0.4) is 0 Å². The van der Waals surface area contributed by atoms with Crippen LogP contribution >= 0.6 is 11.6 Å². The number of piperidine rings is 1. The van der Waals surface area contributed by atoms with Gasteiger partial charge in [0.25, 0.3) is 0 Å². The van der Waals surface area contributed by atoms with Crippen LogP contribution in [0.2, 0.25) is 5.02 Å². The first kappa shape index (κ1) is 22.3. The molecule has 1 heterocycles. The van der Waals surface area contributed by atoms with Crippen LogP contribution in [-0.2, 0) is 14.8 Å². The molecule has 1 N–H and O–H groups in total. The van der Waals surface area contributed by atoms with Crippen molar-refractivity contribution in [3.05, 3.63) is 59.1 Å². The van der Waals surface area contributed by atoms with Gasteiger partial charge in [0.2, 0.25) is 15.9 Å². The summed E-state index contributed by atoms with van der Waals surface area (Å²) in [7, 11) is -3.59. The molecule has 0 radical (unpaired) electrons. The summed E-state index contributed by atoms with van der Waals surface area (Å²) in [5, 5.41) is 4.49. The predicted molar refractivity (Wildman–Crippen MR) is 116 cm³/mol. The molecule has 0 unspecified atom stereocenters. The highest BCUT2D eigenvalue weighted by atomic mass is 35.5. The maximum atomic E-state index is 12.7. The summed E-state index contributed by atoms with van der Waals surface area (Å²) in [6.45, 7) is 3.09. The Morgan fingerprint density at radius 3 is 2.40 bits per heavy atom. The molecule has 0 bridgehead atoms. The topological polar surface area (TPSA) is 88.1 Å². The molecule has 1 saturated heterocycles. The number of nitrogens with zero attached hydrogens (tertiary/aromatic N) is 2. The summed E-state index contributed by atoms with van der Waals surface area (Å²) in [5.41, 5.74) is 3.38. The molecule has 0 aliphatic carbocycles. The second kappa shape index (κ2) is 10.1. The first-order valence-corrected chi connectivity index (χ1v) is 11.5. The Labute approximate surface area is 181 Å². The highest BCUT2D eigenvalue weighted by Crippen LogP contribution is 2.24. The summed E-state index contributed by atoms with van der Waals surface area (Å²) >= 11 is 5.83. The zero-order valence-electron chi connectivity index (χ0n) is 16.6. The van der Waals surface area contributed by atoms with Crippen LogP contribution in [0.5, 0.6) is 5.75 Å². The summed E-state index contributed by atoms with van der Waals surface area (Å²) in [5.74, 6) is 0.291. The highest BCUT2D eigenvalue weighted by molar-refractivity contribution is 7.89. The number of halogens is 1. The molecule has 1 aliphatic rings. The second-order valence-corrected chi connectivity index (χ2v) is 9.24. The number of hydrazone groups is 1. The van der Waals surface area contributed by atoms with Gasteiger partial charge in [-0.3, -0.25) is 4.79 Å². The first-order valence-electron chi connectivity index (χ1n) is 9.71. The number of benzene rings is 2. The largest absolute Gasteiger partial charge is 0.494 e. The minimum absolute atomic E-state index is 0.203. The standard InChI is InChI=1S/C21H24ClN3O4S/c1-2-29-19-7-3-16(4-8-19)15-23-24-21(26)17-11-13-25(14-12-17)30(27,28)20-9-5-18(22)6-10-20/h3-10,15,17H,2,11-14H2,1H3,(H,24,26). The van der Waals surface area contributed by atoms with Crippen molar-refractivity contribution < 1.29 is 17.9 Å². The van der Waals surface area contributed by atoms with E-state index in [9.17, 15) is 13.2 Å². The van der Waals surface area contributed by atoms with Gasteiger partial charge in [-0.1, -0.05) is 11.6 Å². The van der Waals surface area contributed by atoms with Crippen molar-refractivity contribution >= 4 is 33.7 Å². The molecule has 3 rings (SSSR count). The molecule has 0 spiro atoms. The van der Waals surface area contributed by atoms with E-state index in [1.54, 1.807) is 18.3 Å². The van der Waals surface area contributed by atoms with Crippen molar-refractivity contribution in [1.29, 1.82) is 0 Å². The molecule has 2 aromatic rings. The lowest BCUT2D eigenvalue weighted by atomic mass is 9.98. The molecule has 0 atom stereocenters. The number of amides is 1. The van der Waals surface area contributed by atoms with Gasteiger partial charge in [0.05, 0.1) is 17.7 Å². The third-order valence-corrected chi connectivity index (χ3v) is 7.02. The Kier molecular flexibility index (Phi) is 7.47. The molecule has 9 heteroatoms. The van der Waals surface area contributed by atoms with Gasteiger partial charge in [0.1, 0.15) is 5.75 Å². The van der Waals surface area contributed by atoms with E-state index in [-0.39, 0.29) is 29.8 Å². The van der Waals surface area contributed by atoms with Gasteiger partial charge in [-0.25, -0.2) is 13.8 Å².